The van der Waals surface area contributed by atoms with E-state index in [1.807, 2.05) is 26.0 Å². The van der Waals surface area contributed by atoms with Gasteiger partial charge in [-0.25, -0.2) is 0 Å². The Kier molecular flexibility index (Phi) is 5.16. The lowest BCUT2D eigenvalue weighted by molar-refractivity contribution is 0.174. The maximum Gasteiger partial charge on any atom is 0.0610 e. The molecule has 0 heterocycles. The highest BCUT2D eigenvalue weighted by molar-refractivity contribution is 4.87. The van der Waals surface area contributed by atoms with Gasteiger partial charge in [0.25, 0.3) is 0 Å². The summed E-state index contributed by atoms with van der Waals surface area (Å²) in [5.41, 5.74) is -0.112. The zero-order valence-corrected chi connectivity index (χ0v) is 7.72. The van der Waals surface area contributed by atoms with E-state index in [9.17, 15) is 0 Å². The Balaban J connectivity index is 3.68. The van der Waals surface area contributed by atoms with E-state index in [0.29, 0.717) is 0 Å². The van der Waals surface area contributed by atoms with Crippen molar-refractivity contribution in [1.82, 2.24) is 5.32 Å². The summed E-state index contributed by atoms with van der Waals surface area (Å²) in [6.45, 7) is 7.11. The normalized spacial score (nSPS) is 17.1. The molecule has 0 spiro atoms. The summed E-state index contributed by atoms with van der Waals surface area (Å²) in [7, 11) is 0. The second-order valence-electron chi connectivity index (χ2n) is 3.02. The van der Waals surface area contributed by atoms with Crippen LogP contribution in [0.15, 0.2) is 12.2 Å². The summed E-state index contributed by atoms with van der Waals surface area (Å²) in [5, 5.41) is 12.3. The Morgan fingerprint density at radius 1 is 1.55 bits per heavy atom. The molecule has 11 heavy (non-hydrogen) atoms. The molecule has 0 aromatic carbocycles. The molecule has 0 bridgehead atoms. The Bertz CT molecular complexity index is 117. The van der Waals surface area contributed by atoms with Crippen molar-refractivity contribution in [1.29, 1.82) is 0 Å². The summed E-state index contributed by atoms with van der Waals surface area (Å²) in [5.74, 6) is 0. The quantitative estimate of drug-likeness (QED) is 0.590. The maximum absolute atomic E-state index is 9.00. The largest absolute Gasteiger partial charge is 0.394 e. The highest BCUT2D eigenvalue weighted by Crippen LogP contribution is 2.06. The van der Waals surface area contributed by atoms with Crippen molar-refractivity contribution in [2.75, 3.05) is 13.2 Å². The third kappa shape index (κ3) is 4.17. The molecule has 1 unspecified atom stereocenters. The van der Waals surface area contributed by atoms with E-state index >= 15 is 0 Å². The van der Waals surface area contributed by atoms with Crippen LogP contribution >= 0.6 is 0 Å². The highest BCUT2D eigenvalue weighted by atomic mass is 16.3. The molecular weight excluding hydrogens is 138 g/mol. The molecule has 66 valence electrons. The van der Waals surface area contributed by atoms with Gasteiger partial charge in [0.05, 0.1) is 6.61 Å². The van der Waals surface area contributed by atoms with Gasteiger partial charge < -0.3 is 10.4 Å². The molecule has 0 saturated carbocycles. The molecule has 2 N–H and O–H groups in total. The first-order chi connectivity index (χ1) is 5.18. The average Bonchev–Trinajstić information content (AvgIpc) is 2.05. The smallest absolute Gasteiger partial charge is 0.0610 e. The van der Waals surface area contributed by atoms with E-state index < -0.39 is 0 Å². The van der Waals surface area contributed by atoms with Crippen LogP contribution in [0.2, 0.25) is 0 Å². The van der Waals surface area contributed by atoms with Crippen LogP contribution < -0.4 is 5.32 Å². The highest BCUT2D eigenvalue weighted by Gasteiger charge is 2.18. The van der Waals surface area contributed by atoms with Crippen molar-refractivity contribution < 1.29 is 5.11 Å². The minimum absolute atomic E-state index is 0.112. The fourth-order valence-electron chi connectivity index (χ4n) is 0.716. The first-order valence-corrected chi connectivity index (χ1v) is 4.15. The maximum atomic E-state index is 9.00. The van der Waals surface area contributed by atoms with Crippen LogP contribution in [0.5, 0.6) is 0 Å². The van der Waals surface area contributed by atoms with Gasteiger partial charge >= 0.3 is 0 Å². The zero-order chi connectivity index (χ0) is 8.74. The van der Waals surface area contributed by atoms with Gasteiger partial charge in [-0.15, -0.1) is 0 Å². The van der Waals surface area contributed by atoms with Crippen molar-refractivity contribution in [2.45, 2.75) is 32.7 Å². The molecule has 0 fully saturated rings. The molecule has 1 atom stereocenters. The van der Waals surface area contributed by atoms with E-state index in [4.69, 9.17) is 5.11 Å². The van der Waals surface area contributed by atoms with E-state index in [-0.39, 0.29) is 12.1 Å². The number of nitrogens with one attached hydrogen (secondary N) is 1. The monoisotopic (exact) mass is 157 g/mol. The van der Waals surface area contributed by atoms with E-state index in [1.54, 1.807) is 0 Å². The predicted octanol–water partition coefficient (Wildman–Crippen LogP) is 1.31. The Morgan fingerprint density at radius 2 is 2.18 bits per heavy atom. The van der Waals surface area contributed by atoms with Crippen LogP contribution in [0.1, 0.15) is 27.2 Å². The fourth-order valence-corrected chi connectivity index (χ4v) is 0.716. The Labute approximate surface area is 69.3 Å². The molecule has 0 aromatic heterocycles. The molecule has 0 aliphatic rings. The first kappa shape index (κ1) is 10.7. The Hall–Kier alpha value is -0.340. The number of rotatable bonds is 5. The summed E-state index contributed by atoms with van der Waals surface area (Å²) < 4.78 is 0. The zero-order valence-electron chi connectivity index (χ0n) is 7.72. The molecule has 0 amide bonds. The molecule has 0 rings (SSSR count). The van der Waals surface area contributed by atoms with Crippen LogP contribution in [-0.2, 0) is 0 Å². The van der Waals surface area contributed by atoms with Gasteiger partial charge in [0.15, 0.2) is 0 Å². The van der Waals surface area contributed by atoms with Crippen molar-refractivity contribution in [2.24, 2.45) is 0 Å². The molecular formula is C9H19NO. The summed E-state index contributed by atoms with van der Waals surface area (Å²) in [6, 6.07) is 0. The van der Waals surface area contributed by atoms with Crippen LogP contribution in [0.25, 0.3) is 0 Å². The lowest BCUT2D eigenvalue weighted by Gasteiger charge is -2.26. The third-order valence-corrected chi connectivity index (χ3v) is 2.01. The van der Waals surface area contributed by atoms with Crippen LogP contribution in [0.3, 0.4) is 0 Å². The summed E-state index contributed by atoms with van der Waals surface area (Å²) >= 11 is 0. The lowest BCUT2D eigenvalue weighted by atomic mass is 10.0. The standard InChI is InChI=1S/C9H19NO/c1-4-6-7-10-9(3,5-2)8-11/h4,6,10-11H,5,7-8H2,1-3H3/b6-4+. The van der Waals surface area contributed by atoms with Gasteiger partial charge in [0.2, 0.25) is 0 Å². The number of aliphatic hydroxyl groups is 1. The molecule has 0 aliphatic carbocycles. The van der Waals surface area contributed by atoms with Crippen molar-refractivity contribution >= 4 is 0 Å². The first-order valence-electron chi connectivity index (χ1n) is 4.15. The minimum Gasteiger partial charge on any atom is -0.394 e. The molecule has 0 radical (unpaired) electrons. The SMILES string of the molecule is C/C=C/CNC(C)(CC)CO. The number of hydrogen-bond donors (Lipinski definition) is 2. The molecule has 2 heteroatoms. The predicted molar refractivity (Wildman–Crippen MR) is 48.6 cm³/mol. The topological polar surface area (TPSA) is 32.3 Å². The summed E-state index contributed by atoms with van der Waals surface area (Å²) in [4.78, 5) is 0. The minimum atomic E-state index is -0.112. The average molecular weight is 157 g/mol. The Morgan fingerprint density at radius 3 is 2.55 bits per heavy atom. The van der Waals surface area contributed by atoms with E-state index in [2.05, 4.69) is 12.2 Å². The van der Waals surface area contributed by atoms with Gasteiger partial charge in [0.1, 0.15) is 0 Å². The molecule has 0 saturated heterocycles. The number of hydrogen-bond acceptors (Lipinski definition) is 2. The van der Waals surface area contributed by atoms with Crippen LogP contribution in [-0.4, -0.2) is 23.8 Å². The fraction of sp³-hybridized carbons (Fsp3) is 0.778. The van der Waals surface area contributed by atoms with Crippen molar-refractivity contribution in [3.63, 3.8) is 0 Å². The van der Waals surface area contributed by atoms with E-state index in [1.165, 1.54) is 0 Å². The molecule has 0 aliphatic heterocycles. The van der Waals surface area contributed by atoms with Gasteiger partial charge in [-0.05, 0) is 20.3 Å². The van der Waals surface area contributed by atoms with E-state index in [0.717, 1.165) is 13.0 Å². The van der Waals surface area contributed by atoms with Crippen LogP contribution in [0, 0.1) is 0 Å². The second kappa shape index (κ2) is 5.33. The van der Waals surface area contributed by atoms with Gasteiger partial charge in [-0.1, -0.05) is 19.1 Å². The number of allylic oxidation sites excluding steroid dienone is 1. The van der Waals surface area contributed by atoms with Gasteiger partial charge in [0, 0.05) is 12.1 Å². The second-order valence-corrected chi connectivity index (χ2v) is 3.02. The summed E-state index contributed by atoms with van der Waals surface area (Å²) in [6.07, 6.45) is 4.99. The van der Waals surface area contributed by atoms with Gasteiger partial charge in [-0.2, -0.15) is 0 Å². The van der Waals surface area contributed by atoms with Crippen LogP contribution in [0.4, 0.5) is 0 Å². The lowest BCUT2D eigenvalue weighted by Crippen LogP contribution is -2.45. The van der Waals surface area contributed by atoms with Crippen molar-refractivity contribution in [3.8, 4) is 0 Å². The number of aliphatic hydroxyl groups excluding tert-OH is 1. The van der Waals surface area contributed by atoms with Gasteiger partial charge in [-0.3, -0.25) is 0 Å². The molecule has 2 nitrogen and oxygen atoms in total. The molecule has 0 aromatic rings. The van der Waals surface area contributed by atoms with Crippen molar-refractivity contribution in [3.05, 3.63) is 12.2 Å². The third-order valence-electron chi connectivity index (χ3n) is 2.01.